The number of carbonyl (C=O) groups is 2. The summed E-state index contributed by atoms with van der Waals surface area (Å²) in [5.74, 6) is -3.10. The van der Waals surface area contributed by atoms with Crippen LogP contribution >= 0.6 is 0 Å². The molecular formula is C5H5F3O4. The number of alkyl halides is 3. The van der Waals surface area contributed by atoms with Gasteiger partial charge in [-0.1, -0.05) is 0 Å². The van der Waals surface area contributed by atoms with Crippen LogP contribution < -0.4 is 0 Å². The van der Waals surface area contributed by atoms with Crippen molar-refractivity contribution in [2.24, 2.45) is 0 Å². The van der Waals surface area contributed by atoms with E-state index in [1.807, 2.05) is 0 Å². The van der Waals surface area contributed by atoms with Gasteiger partial charge in [-0.15, -0.1) is 0 Å². The maximum Gasteiger partial charge on any atom is 0.319 e. The molecule has 0 fully saturated rings. The second kappa shape index (κ2) is 4.58. The van der Waals surface area contributed by atoms with Crippen LogP contribution in [-0.2, 0) is 14.3 Å². The monoisotopic (exact) mass is 186 g/mol. The highest BCUT2D eigenvalue weighted by Crippen LogP contribution is 2.07. The van der Waals surface area contributed by atoms with Gasteiger partial charge in [-0.2, -0.15) is 4.39 Å². The minimum atomic E-state index is -3.46. The van der Waals surface area contributed by atoms with Crippen LogP contribution in [0.4, 0.5) is 13.2 Å². The Hall–Kier alpha value is -1.27. The van der Waals surface area contributed by atoms with Crippen molar-refractivity contribution in [3.63, 3.8) is 0 Å². The molecule has 1 atom stereocenters. The Labute approximate surface area is 64.9 Å². The molecule has 0 amide bonds. The molecule has 7 heteroatoms. The summed E-state index contributed by atoms with van der Waals surface area (Å²) >= 11 is 0. The van der Waals surface area contributed by atoms with Crippen LogP contribution in [0.3, 0.4) is 0 Å². The third kappa shape index (κ3) is 4.53. The molecule has 0 aliphatic rings. The van der Waals surface area contributed by atoms with E-state index in [2.05, 4.69) is 4.74 Å². The van der Waals surface area contributed by atoms with Crippen LogP contribution in [-0.4, -0.2) is 29.8 Å². The number of hydrogen-bond donors (Lipinski definition) is 1. The molecule has 0 spiro atoms. The van der Waals surface area contributed by atoms with Gasteiger partial charge >= 0.3 is 24.7 Å². The minimum absolute atomic E-state index is 1.13. The molecule has 0 aliphatic carbocycles. The highest BCUT2D eigenvalue weighted by Gasteiger charge is 2.24. The Morgan fingerprint density at radius 2 is 1.83 bits per heavy atom. The molecule has 0 heterocycles. The number of carboxylic acids is 1. The topological polar surface area (TPSA) is 63.6 Å². The van der Waals surface area contributed by atoms with Crippen LogP contribution in [0.5, 0.6) is 0 Å². The van der Waals surface area contributed by atoms with Gasteiger partial charge in [0.15, 0.2) is 0 Å². The molecule has 0 rings (SSSR count). The van der Waals surface area contributed by atoms with Crippen molar-refractivity contribution in [3.05, 3.63) is 0 Å². The molecule has 12 heavy (non-hydrogen) atoms. The van der Waals surface area contributed by atoms with E-state index in [4.69, 9.17) is 5.11 Å². The van der Waals surface area contributed by atoms with Crippen molar-refractivity contribution < 1.29 is 32.6 Å². The largest absolute Gasteiger partial charge is 0.481 e. The second-order valence-corrected chi connectivity index (χ2v) is 1.75. The van der Waals surface area contributed by atoms with E-state index < -0.39 is 31.1 Å². The van der Waals surface area contributed by atoms with Crippen LogP contribution in [0.2, 0.25) is 0 Å². The van der Waals surface area contributed by atoms with Gasteiger partial charge in [0.1, 0.15) is 6.42 Å². The van der Waals surface area contributed by atoms with E-state index in [0.717, 1.165) is 0 Å². The smallest absolute Gasteiger partial charge is 0.319 e. The molecule has 1 unspecified atom stereocenters. The fourth-order valence-electron chi connectivity index (χ4n) is 0.342. The van der Waals surface area contributed by atoms with Crippen molar-refractivity contribution in [3.8, 4) is 0 Å². The number of carboxylic acid groups (broad SMARTS) is 1. The number of rotatable bonds is 4. The third-order valence-electron chi connectivity index (χ3n) is 0.738. The standard InChI is InChI=1S/C5H5F3O4/c6-4(7)5(8)12-3(11)1-2(9)10/h4-5H,1H2,(H,9,10). The Morgan fingerprint density at radius 3 is 2.17 bits per heavy atom. The summed E-state index contributed by atoms with van der Waals surface area (Å²) in [6.45, 7) is 0. The molecule has 70 valence electrons. The molecule has 0 aromatic heterocycles. The normalized spacial score (nSPS) is 12.7. The van der Waals surface area contributed by atoms with Crippen molar-refractivity contribution >= 4 is 11.9 Å². The minimum Gasteiger partial charge on any atom is -0.481 e. The average Bonchev–Trinajstić information content (AvgIpc) is 1.84. The zero-order valence-corrected chi connectivity index (χ0v) is 5.67. The van der Waals surface area contributed by atoms with Gasteiger partial charge in [-0.25, -0.2) is 8.78 Å². The first-order valence-electron chi connectivity index (χ1n) is 2.77. The Bertz CT molecular complexity index is 182. The number of ether oxygens (including phenoxy) is 1. The Balaban J connectivity index is 3.77. The molecular weight excluding hydrogens is 181 g/mol. The van der Waals surface area contributed by atoms with E-state index in [0.29, 0.717) is 0 Å². The summed E-state index contributed by atoms with van der Waals surface area (Å²) in [4.78, 5) is 19.9. The van der Waals surface area contributed by atoms with Gasteiger partial charge in [0.25, 0.3) is 0 Å². The lowest BCUT2D eigenvalue weighted by Crippen LogP contribution is -2.22. The molecule has 0 saturated heterocycles. The molecule has 0 aromatic rings. The van der Waals surface area contributed by atoms with Crippen molar-refractivity contribution in [1.82, 2.24) is 0 Å². The van der Waals surface area contributed by atoms with E-state index in [-0.39, 0.29) is 0 Å². The van der Waals surface area contributed by atoms with Gasteiger partial charge in [-0.3, -0.25) is 9.59 Å². The maximum atomic E-state index is 11.8. The van der Waals surface area contributed by atoms with Crippen molar-refractivity contribution in [1.29, 1.82) is 0 Å². The lowest BCUT2D eigenvalue weighted by atomic mass is 10.4. The van der Waals surface area contributed by atoms with Crippen LogP contribution in [0.1, 0.15) is 6.42 Å². The second-order valence-electron chi connectivity index (χ2n) is 1.75. The molecule has 0 aromatic carbocycles. The first-order chi connectivity index (χ1) is 5.43. The zero-order valence-electron chi connectivity index (χ0n) is 5.67. The Kier molecular flexibility index (Phi) is 4.09. The molecule has 0 saturated carbocycles. The predicted octanol–water partition coefficient (Wildman–Crippen LogP) is 0.565. The van der Waals surface area contributed by atoms with Crippen LogP contribution in [0, 0.1) is 0 Å². The van der Waals surface area contributed by atoms with Gasteiger partial charge in [0.2, 0.25) is 0 Å². The lowest BCUT2D eigenvalue weighted by molar-refractivity contribution is -0.176. The number of aliphatic carboxylic acids is 1. The van der Waals surface area contributed by atoms with E-state index >= 15 is 0 Å². The van der Waals surface area contributed by atoms with E-state index in [1.54, 1.807) is 0 Å². The van der Waals surface area contributed by atoms with Gasteiger partial charge in [0, 0.05) is 0 Å². The molecule has 4 nitrogen and oxygen atoms in total. The highest BCUT2D eigenvalue weighted by atomic mass is 19.3. The van der Waals surface area contributed by atoms with E-state index in [1.165, 1.54) is 0 Å². The molecule has 0 aliphatic heterocycles. The van der Waals surface area contributed by atoms with Crippen LogP contribution in [0.15, 0.2) is 0 Å². The van der Waals surface area contributed by atoms with E-state index in [9.17, 15) is 22.8 Å². The summed E-state index contributed by atoms with van der Waals surface area (Å²) < 4.78 is 37.9. The summed E-state index contributed by atoms with van der Waals surface area (Å²) in [6.07, 6.45) is -7.65. The summed E-state index contributed by atoms with van der Waals surface area (Å²) in [7, 11) is 0. The molecule has 1 N–H and O–H groups in total. The molecule has 0 bridgehead atoms. The number of esters is 1. The third-order valence-corrected chi connectivity index (χ3v) is 0.738. The quantitative estimate of drug-likeness (QED) is 0.514. The molecule has 0 radical (unpaired) electrons. The van der Waals surface area contributed by atoms with Crippen LogP contribution in [0.25, 0.3) is 0 Å². The summed E-state index contributed by atoms with van der Waals surface area (Å²) in [5, 5.41) is 7.92. The van der Waals surface area contributed by atoms with Gasteiger partial charge < -0.3 is 9.84 Å². The Morgan fingerprint density at radius 1 is 1.33 bits per heavy atom. The number of hydrogen-bond acceptors (Lipinski definition) is 3. The zero-order chi connectivity index (χ0) is 9.72. The number of halogens is 3. The van der Waals surface area contributed by atoms with Crippen molar-refractivity contribution in [2.75, 3.05) is 0 Å². The fourth-order valence-corrected chi connectivity index (χ4v) is 0.342. The van der Waals surface area contributed by atoms with Gasteiger partial charge in [0.05, 0.1) is 0 Å². The highest BCUT2D eigenvalue weighted by molar-refractivity contribution is 5.90. The first-order valence-corrected chi connectivity index (χ1v) is 2.77. The summed E-state index contributed by atoms with van der Waals surface area (Å²) in [5.41, 5.74) is 0. The van der Waals surface area contributed by atoms with Gasteiger partial charge in [-0.05, 0) is 0 Å². The fraction of sp³-hybridized carbons (Fsp3) is 0.600. The average molecular weight is 186 g/mol. The predicted molar refractivity (Wildman–Crippen MR) is 29.2 cm³/mol. The maximum absolute atomic E-state index is 11.8. The van der Waals surface area contributed by atoms with Crippen molar-refractivity contribution in [2.45, 2.75) is 19.2 Å². The lowest BCUT2D eigenvalue weighted by Gasteiger charge is -2.06. The first kappa shape index (κ1) is 10.7. The summed E-state index contributed by atoms with van der Waals surface area (Å²) in [6, 6.07) is 0. The SMILES string of the molecule is O=C(O)CC(=O)OC(F)C(F)F. The number of carbonyl (C=O) groups excluding carboxylic acids is 1.